The van der Waals surface area contributed by atoms with Gasteiger partial charge < -0.3 is 0 Å². The van der Waals surface area contributed by atoms with Crippen molar-refractivity contribution in [2.45, 2.75) is 24.5 Å². The molecule has 0 atom stereocenters. The van der Waals surface area contributed by atoms with Crippen molar-refractivity contribution in [2.75, 3.05) is 12.8 Å². The Morgan fingerprint density at radius 1 is 1.33 bits per heavy atom. The third kappa shape index (κ3) is 3.10. The van der Waals surface area contributed by atoms with Crippen LogP contribution in [0.4, 0.5) is 0 Å². The van der Waals surface area contributed by atoms with Gasteiger partial charge in [0.15, 0.2) is 0 Å². The Bertz CT molecular complexity index is 676. The number of hydrogen-bond acceptors (Lipinski definition) is 4. The molecule has 1 aromatic carbocycles. The number of benzene rings is 1. The van der Waals surface area contributed by atoms with E-state index in [1.165, 1.54) is 11.1 Å². The molecule has 0 spiro atoms. The van der Waals surface area contributed by atoms with E-state index in [1.807, 2.05) is 18.4 Å². The van der Waals surface area contributed by atoms with Gasteiger partial charge in [0.25, 0.3) is 0 Å². The van der Waals surface area contributed by atoms with Crippen molar-refractivity contribution in [3.63, 3.8) is 0 Å². The van der Waals surface area contributed by atoms with Crippen molar-refractivity contribution < 1.29 is 0 Å². The summed E-state index contributed by atoms with van der Waals surface area (Å²) in [6.07, 6.45) is 2.93. The highest BCUT2D eigenvalue weighted by atomic mass is 32.2. The van der Waals surface area contributed by atoms with E-state index in [-0.39, 0.29) is 0 Å². The second-order valence-corrected chi connectivity index (χ2v) is 6.00. The molecule has 3 nitrogen and oxygen atoms in total. The fourth-order valence-corrected chi connectivity index (χ4v) is 3.25. The monoisotopic (exact) mass is 295 g/mol. The lowest BCUT2D eigenvalue weighted by Gasteiger charge is -2.28. The van der Waals surface area contributed by atoms with Crippen LogP contribution in [0.3, 0.4) is 0 Å². The first-order valence-corrected chi connectivity index (χ1v) is 8.26. The molecule has 1 aromatic heterocycles. The molecule has 0 N–H and O–H groups in total. The summed E-state index contributed by atoms with van der Waals surface area (Å²) in [7, 11) is 0. The Morgan fingerprint density at radius 2 is 2.14 bits per heavy atom. The lowest BCUT2D eigenvalue weighted by Crippen LogP contribution is -2.30. The van der Waals surface area contributed by atoms with Gasteiger partial charge >= 0.3 is 0 Å². The second kappa shape index (κ2) is 6.30. The molecular formula is C17H17N3S. The van der Waals surface area contributed by atoms with Gasteiger partial charge in [0.1, 0.15) is 11.1 Å². The summed E-state index contributed by atoms with van der Waals surface area (Å²) < 4.78 is 0. The van der Waals surface area contributed by atoms with E-state index in [0.717, 1.165) is 36.8 Å². The number of nitrogens with zero attached hydrogens (tertiary/aromatic N) is 3. The van der Waals surface area contributed by atoms with Crippen LogP contribution in [0.25, 0.3) is 0 Å². The maximum atomic E-state index is 9.24. The molecular weight excluding hydrogens is 278 g/mol. The van der Waals surface area contributed by atoms with Crippen molar-refractivity contribution in [1.82, 2.24) is 9.88 Å². The Labute approximate surface area is 129 Å². The first kappa shape index (κ1) is 14.1. The van der Waals surface area contributed by atoms with Crippen LogP contribution in [-0.2, 0) is 19.5 Å². The number of fused-ring (bicyclic) bond motifs is 1. The molecule has 1 aliphatic heterocycles. The molecule has 0 fully saturated rings. The van der Waals surface area contributed by atoms with Crippen LogP contribution < -0.4 is 0 Å². The Morgan fingerprint density at radius 3 is 2.86 bits per heavy atom. The average Bonchev–Trinajstić information content (AvgIpc) is 2.54. The molecule has 21 heavy (non-hydrogen) atoms. The minimum atomic E-state index is 0.697. The summed E-state index contributed by atoms with van der Waals surface area (Å²) in [6.45, 7) is 2.85. The smallest absolute Gasteiger partial charge is 0.114 e. The quantitative estimate of drug-likeness (QED) is 0.815. The first-order valence-electron chi connectivity index (χ1n) is 7.03. The van der Waals surface area contributed by atoms with Gasteiger partial charge in [0.2, 0.25) is 0 Å². The predicted octanol–water partition coefficient (Wildman–Crippen LogP) is 3.23. The lowest BCUT2D eigenvalue weighted by molar-refractivity contribution is 0.243. The first-order chi connectivity index (χ1) is 10.3. The summed E-state index contributed by atoms with van der Waals surface area (Å²) in [4.78, 5) is 7.07. The Hall–Kier alpha value is -1.83. The van der Waals surface area contributed by atoms with Crippen LogP contribution in [0.2, 0.25) is 0 Å². The molecule has 0 amide bonds. The molecule has 3 rings (SSSR count). The zero-order valence-electron chi connectivity index (χ0n) is 12.0. The molecule has 2 aromatic rings. The van der Waals surface area contributed by atoms with Crippen molar-refractivity contribution in [3.05, 3.63) is 58.8 Å². The minimum absolute atomic E-state index is 0.697. The van der Waals surface area contributed by atoms with E-state index in [0.29, 0.717) is 5.56 Å². The molecule has 0 aliphatic carbocycles. The fourth-order valence-electron chi connectivity index (χ4n) is 2.72. The number of hydrogen-bond donors (Lipinski definition) is 0. The topological polar surface area (TPSA) is 39.9 Å². The van der Waals surface area contributed by atoms with Gasteiger partial charge in [-0.15, -0.1) is 11.8 Å². The number of rotatable bonds is 3. The van der Waals surface area contributed by atoms with Crippen LogP contribution in [-0.4, -0.2) is 22.7 Å². The molecule has 0 radical (unpaired) electrons. The largest absolute Gasteiger partial charge is 0.294 e. The number of thioether (sulfide) groups is 1. The average molecular weight is 295 g/mol. The summed E-state index contributed by atoms with van der Waals surface area (Å²) in [5.74, 6) is 0. The summed E-state index contributed by atoms with van der Waals surface area (Å²) in [5, 5.41) is 10.1. The normalized spacial score (nSPS) is 14.5. The van der Waals surface area contributed by atoms with Crippen molar-refractivity contribution >= 4 is 11.8 Å². The number of nitriles is 1. The zero-order valence-corrected chi connectivity index (χ0v) is 12.9. The second-order valence-electron chi connectivity index (χ2n) is 5.21. The van der Waals surface area contributed by atoms with Crippen molar-refractivity contribution in [3.8, 4) is 6.07 Å². The van der Waals surface area contributed by atoms with E-state index in [2.05, 4.69) is 40.2 Å². The van der Waals surface area contributed by atoms with Gasteiger partial charge in [-0.25, -0.2) is 4.98 Å². The summed E-state index contributed by atoms with van der Waals surface area (Å²) >= 11 is 1.55. The van der Waals surface area contributed by atoms with E-state index >= 15 is 0 Å². The van der Waals surface area contributed by atoms with Gasteiger partial charge in [0, 0.05) is 31.7 Å². The summed E-state index contributed by atoms with van der Waals surface area (Å²) in [5.41, 5.74) is 4.38. The van der Waals surface area contributed by atoms with Gasteiger partial charge in [-0.05, 0) is 23.4 Å². The van der Waals surface area contributed by atoms with Gasteiger partial charge in [-0.1, -0.05) is 30.3 Å². The fraction of sp³-hybridized carbons (Fsp3) is 0.294. The van der Waals surface area contributed by atoms with E-state index in [9.17, 15) is 5.26 Å². The summed E-state index contributed by atoms with van der Waals surface area (Å²) in [6, 6.07) is 14.8. The van der Waals surface area contributed by atoms with Crippen LogP contribution in [0.5, 0.6) is 0 Å². The molecule has 0 saturated heterocycles. The standard InChI is InChI=1S/C17H17N3S/c1-21-17-14(10-18)9-15-12-20(8-7-16(15)19-17)11-13-5-3-2-4-6-13/h2-6,9H,7-8,11-12H2,1H3. The van der Waals surface area contributed by atoms with Crippen LogP contribution in [0.1, 0.15) is 22.4 Å². The lowest BCUT2D eigenvalue weighted by atomic mass is 10.0. The van der Waals surface area contributed by atoms with Crippen molar-refractivity contribution in [2.24, 2.45) is 0 Å². The van der Waals surface area contributed by atoms with Gasteiger partial charge in [0.05, 0.1) is 5.56 Å². The van der Waals surface area contributed by atoms with Crippen LogP contribution >= 0.6 is 11.8 Å². The van der Waals surface area contributed by atoms with E-state index < -0.39 is 0 Å². The zero-order chi connectivity index (χ0) is 14.7. The van der Waals surface area contributed by atoms with Crippen LogP contribution in [0.15, 0.2) is 41.4 Å². The highest BCUT2D eigenvalue weighted by Gasteiger charge is 2.19. The molecule has 0 bridgehead atoms. The SMILES string of the molecule is CSc1nc2c(cc1C#N)CN(Cc1ccccc1)CC2. The number of pyridine rings is 1. The van der Waals surface area contributed by atoms with E-state index in [1.54, 1.807) is 11.8 Å². The van der Waals surface area contributed by atoms with Crippen LogP contribution in [0, 0.1) is 11.3 Å². The molecule has 0 saturated carbocycles. The maximum absolute atomic E-state index is 9.24. The third-order valence-electron chi connectivity index (χ3n) is 3.78. The molecule has 0 unspecified atom stereocenters. The van der Waals surface area contributed by atoms with Gasteiger partial charge in [-0.2, -0.15) is 5.26 Å². The highest BCUT2D eigenvalue weighted by molar-refractivity contribution is 7.98. The van der Waals surface area contributed by atoms with Gasteiger partial charge in [-0.3, -0.25) is 4.90 Å². The number of aromatic nitrogens is 1. The maximum Gasteiger partial charge on any atom is 0.114 e. The van der Waals surface area contributed by atoms with Crippen molar-refractivity contribution in [1.29, 1.82) is 5.26 Å². The molecule has 106 valence electrons. The highest BCUT2D eigenvalue weighted by Crippen LogP contribution is 2.25. The Balaban J connectivity index is 1.81. The Kier molecular flexibility index (Phi) is 4.23. The predicted molar refractivity (Wildman–Crippen MR) is 85.0 cm³/mol. The molecule has 2 heterocycles. The molecule has 1 aliphatic rings. The van der Waals surface area contributed by atoms with E-state index in [4.69, 9.17) is 0 Å². The minimum Gasteiger partial charge on any atom is -0.294 e. The third-order valence-corrected chi connectivity index (χ3v) is 4.48. The molecule has 4 heteroatoms.